The van der Waals surface area contributed by atoms with Crippen LogP contribution in [0.3, 0.4) is 0 Å². The Morgan fingerprint density at radius 1 is 1.22 bits per heavy atom. The summed E-state index contributed by atoms with van der Waals surface area (Å²) < 4.78 is 2.22. The minimum absolute atomic E-state index is 0.247. The molecule has 94 valence electrons. The number of hydrogen-bond donors (Lipinski definition) is 1. The van der Waals surface area contributed by atoms with E-state index in [9.17, 15) is 0 Å². The van der Waals surface area contributed by atoms with Gasteiger partial charge >= 0.3 is 0 Å². The smallest absolute Gasteiger partial charge is 0.0486 e. The highest BCUT2D eigenvalue weighted by Gasteiger charge is 2.08. The molecule has 0 amide bonds. The molecule has 4 heteroatoms. The van der Waals surface area contributed by atoms with Gasteiger partial charge in [-0.05, 0) is 65.4 Å². The van der Waals surface area contributed by atoms with Crippen LogP contribution in [0.5, 0.6) is 0 Å². The molecule has 0 radical (unpaired) electrons. The summed E-state index contributed by atoms with van der Waals surface area (Å²) in [6.07, 6.45) is 0. The lowest BCUT2D eigenvalue weighted by Gasteiger charge is -2.17. The van der Waals surface area contributed by atoms with Crippen LogP contribution in [0.1, 0.15) is 18.5 Å². The molecular formula is C14H12BrClIN. The first kappa shape index (κ1) is 14.2. The average molecular weight is 437 g/mol. The van der Waals surface area contributed by atoms with E-state index in [2.05, 4.69) is 62.9 Å². The molecule has 2 aromatic rings. The summed E-state index contributed by atoms with van der Waals surface area (Å²) in [7, 11) is 0. The quantitative estimate of drug-likeness (QED) is 0.593. The molecule has 18 heavy (non-hydrogen) atoms. The molecule has 0 saturated heterocycles. The first-order chi connectivity index (χ1) is 8.56. The third-order valence-electron chi connectivity index (χ3n) is 2.65. The van der Waals surface area contributed by atoms with Crippen molar-refractivity contribution in [1.29, 1.82) is 0 Å². The Morgan fingerprint density at radius 2 is 2.00 bits per heavy atom. The van der Waals surface area contributed by atoms with Gasteiger partial charge in [-0.25, -0.2) is 0 Å². The maximum absolute atomic E-state index is 5.95. The van der Waals surface area contributed by atoms with E-state index >= 15 is 0 Å². The molecule has 1 nitrogen and oxygen atoms in total. The maximum atomic E-state index is 5.95. The highest BCUT2D eigenvalue weighted by molar-refractivity contribution is 14.1. The van der Waals surface area contributed by atoms with Gasteiger partial charge in [0.1, 0.15) is 0 Å². The summed E-state index contributed by atoms with van der Waals surface area (Å²) in [6, 6.07) is 14.4. The van der Waals surface area contributed by atoms with Gasteiger partial charge in [-0.15, -0.1) is 0 Å². The van der Waals surface area contributed by atoms with Crippen molar-refractivity contribution in [2.75, 3.05) is 5.32 Å². The molecule has 1 N–H and O–H groups in total. The Hall–Kier alpha value is -0.260. The van der Waals surface area contributed by atoms with Crippen molar-refractivity contribution < 1.29 is 0 Å². The Kier molecular flexibility index (Phi) is 4.92. The van der Waals surface area contributed by atoms with Gasteiger partial charge in [-0.2, -0.15) is 0 Å². The Balaban J connectivity index is 2.18. The van der Waals surface area contributed by atoms with E-state index in [1.165, 1.54) is 5.56 Å². The Morgan fingerprint density at radius 3 is 2.67 bits per heavy atom. The lowest BCUT2D eigenvalue weighted by molar-refractivity contribution is 0.882. The molecule has 0 aliphatic carbocycles. The van der Waals surface area contributed by atoms with Crippen LogP contribution in [-0.2, 0) is 0 Å². The minimum Gasteiger partial charge on any atom is -0.378 e. The summed E-state index contributed by atoms with van der Waals surface area (Å²) in [4.78, 5) is 0. The minimum atomic E-state index is 0.247. The summed E-state index contributed by atoms with van der Waals surface area (Å²) in [5.74, 6) is 0. The van der Waals surface area contributed by atoms with Gasteiger partial charge in [-0.1, -0.05) is 39.7 Å². The fourth-order valence-electron chi connectivity index (χ4n) is 1.70. The zero-order valence-corrected chi connectivity index (χ0v) is 14.3. The summed E-state index contributed by atoms with van der Waals surface area (Å²) in [6.45, 7) is 2.15. The number of nitrogens with one attached hydrogen (secondary N) is 1. The second-order valence-corrected chi connectivity index (χ2v) is 6.56. The summed E-state index contributed by atoms with van der Waals surface area (Å²) in [5, 5.41) is 4.26. The molecular weight excluding hydrogens is 424 g/mol. The van der Waals surface area contributed by atoms with E-state index in [0.717, 1.165) is 18.8 Å². The van der Waals surface area contributed by atoms with Crippen LogP contribution in [0.25, 0.3) is 0 Å². The maximum Gasteiger partial charge on any atom is 0.0486 e. The fourth-order valence-corrected chi connectivity index (χ4v) is 3.14. The van der Waals surface area contributed by atoms with Crippen molar-refractivity contribution in [2.24, 2.45) is 0 Å². The molecule has 0 fully saturated rings. The van der Waals surface area contributed by atoms with Crippen LogP contribution >= 0.6 is 50.1 Å². The molecule has 0 spiro atoms. The molecule has 0 saturated carbocycles. The monoisotopic (exact) mass is 435 g/mol. The van der Waals surface area contributed by atoms with Crippen LogP contribution in [-0.4, -0.2) is 0 Å². The van der Waals surface area contributed by atoms with Crippen molar-refractivity contribution in [3.63, 3.8) is 0 Å². The number of anilines is 1. The van der Waals surface area contributed by atoms with Crippen LogP contribution in [0, 0.1) is 3.57 Å². The SMILES string of the molecule is CC(Nc1ccc(Cl)cc1I)c1cccc(Br)c1. The van der Waals surface area contributed by atoms with Crippen molar-refractivity contribution in [3.05, 3.63) is 61.1 Å². The molecule has 2 aromatic carbocycles. The van der Waals surface area contributed by atoms with Gasteiger partial charge in [0.15, 0.2) is 0 Å². The Bertz CT molecular complexity index is 559. The first-order valence-corrected chi connectivity index (χ1v) is 7.78. The second kappa shape index (κ2) is 6.26. The molecule has 0 aromatic heterocycles. The lowest BCUT2D eigenvalue weighted by atomic mass is 10.1. The molecule has 0 heterocycles. The molecule has 0 bridgehead atoms. The van der Waals surface area contributed by atoms with Gasteiger partial charge in [0, 0.05) is 24.8 Å². The second-order valence-electron chi connectivity index (χ2n) is 4.05. The molecule has 1 unspecified atom stereocenters. The molecule has 2 rings (SSSR count). The highest BCUT2D eigenvalue weighted by atomic mass is 127. The standard InChI is InChI=1S/C14H12BrClIN/c1-9(10-3-2-4-11(15)7-10)18-14-6-5-12(16)8-13(14)17/h2-9,18H,1H3. The van der Waals surface area contributed by atoms with Gasteiger partial charge in [0.05, 0.1) is 0 Å². The van der Waals surface area contributed by atoms with Crippen molar-refractivity contribution in [2.45, 2.75) is 13.0 Å². The highest BCUT2D eigenvalue weighted by Crippen LogP contribution is 2.27. The fraction of sp³-hybridized carbons (Fsp3) is 0.143. The predicted octanol–water partition coefficient (Wildman–Crippen LogP) is 5.88. The van der Waals surface area contributed by atoms with Gasteiger partial charge in [-0.3, -0.25) is 0 Å². The Labute approximate surface area is 134 Å². The molecule has 0 aliphatic rings. The first-order valence-electron chi connectivity index (χ1n) is 5.53. The van der Waals surface area contributed by atoms with Crippen LogP contribution in [0.4, 0.5) is 5.69 Å². The van der Waals surface area contributed by atoms with Crippen LogP contribution in [0.2, 0.25) is 5.02 Å². The van der Waals surface area contributed by atoms with Crippen molar-refractivity contribution in [1.82, 2.24) is 0 Å². The lowest BCUT2D eigenvalue weighted by Crippen LogP contribution is -2.07. The third-order valence-corrected chi connectivity index (χ3v) is 4.27. The third kappa shape index (κ3) is 3.62. The van der Waals surface area contributed by atoms with E-state index in [0.29, 0.717) is 0 Å². The summed E-state index contributed by atoms with van der Waals surface area (Å²) in [5.41, 5.74) is 2.35. The van der Waals surface area contributed by atoms with E-state index in [-0.39, 0.29) is 6.04 Å². The average Bonchev–Trinajstić information content (AvgIpc) is 2.32. The topological polar surface area (TPSA) is 12.0 Å². The van der Waals surface area contributed by atoms with E-state index in [4.69, 9.17) is 11.6 Å². The van der Waals surface area contributed by atoms with Crippen molar-refractivity contribution >= 4 is 55.8 Å². The largest absolute Gasteiger partial charge is 0.378 e. The zero-order chi connectivity index (χ0) is 13.1. The van der Waals surface area contributed by atoms with Gasteiger partial charge < -0.3 is 5.32 Å². The normalized spacial score (nSPS) is 12.2. The zero-order valence-electron chi connectivity index (χ0n) is 9.75. The van der Waals surface area contributed by atoms with E-state index < -0.39 is 0 Å². The number of hydrogen-bond acceptors (Lipinski definition) is 1. The molecule has 1 atom stereocenters. The number of halogens is 3. The van der Waals surface area contributed by atoms with Crippen molar-refractivity contribution in [3.8, 4) is 0 Å². The van der Waals surface area contributed by atoms with Crippen LogP contribution < -0.4 is 5.32 Å². The number of benzene rings is 2. The van der Waals surface area contributed by atoms with Gasteiger partial charge in [0.25, 0.3) is 0 Å². The van der Waals surface area contributed by atoms with E-state index in [1.54, 1.807) is 0 Å². The van der Waals surface area contributed by atoms with Crippen LogP contribution in [0.15, 0.2) is 46.9 Å². The summed E-state index contributed by atoms with van der Waals surface area (Å²) >= 11 is 11.7. The van der Waals surface area contributed by atoms with E-state index in [1.807, 2.05) is 30.3 Å². The van der Waals surface area contributed by atoms with Gasteiger partial charge in [0.2, 0.25) is 0 Å². The molecule has 0 aliphatic heterocycles. The predicted molar refractivity (Wildman–Crippen MR) is 90.3 cm³/mol. The number of rotatable bonds is 3.